The summed E-state index contributed by atoms with van der Waals surface area (Å²) >= 11 is 0. The fraction of sp³-hybridized carbons (Fsp3) is 0.294. The molecule has 1 atom stereocenters. The van der Waals surface area contributed by atoms with Crippen LogP contribution in [0.1, 0.15) is 29.9 Å². The maximum Gasteiger partial charge on any atom is 0.142 e. The van der Waals surface area contributed by atoms with Crippen LogP contribution in [0.15, 0.2) is 30.3 Å². The van der Waals surface area contributed by atoms with E-state index in [-0.39, 0.29) is 17.6 Å². The third kappa shape index (κ3) is 2.78. The van der Waals surface area contributed by atoms with Gasteiger partial charge in [-0.05, 0) is 48.7 Å². The zero-order valence-corrected chi connectivity index (χ0v) is 12.1. The van der Waals surface area contributed by atoms with Crippen molar-refractivity contribution in [2.24, 2.45) is 0 Å². The van der Waals surface area contributed by atoms with Crippen LogP contribution in [0.2, 0.25) is 0 Å². The summed E-state index contributed by atoms with van der Waals surface area (Å²) in [6.45, 7) is 1.34. The van der Waals surface area contributed by atoms with Gasteiger partial charge in [0, 0.05) is 18.1 Å². The molecule has 1 aliphatic heterocycles. The Labute approximate surface area is 128 Å². The number of benzene rings is 1. The van der Waals surface area contributed by atoms with E-state index < -0.39 is 0 Å². The maximum absolute atomic E-state index is 13.1. The fourth-order valence-corrected chi connectivity index (χ4v) is 2.78. The molecule has 3 rings (SSSR count). The second-order valence-corrected chi connectivity index (χ2v) is 5.39. The van der Waals surface area contributed by atoms with E-state index >= 15 is 0 Å². The number of nitriles is 1. The van der Waals surface area contributed by atoms with E-state index in [2.05, 4.69) is 11.1 Å². The van der Waals surface area contributed by atoms with E-state index in [0.717, 1.165) is 30.6 Å². The van der Waals surface area contributed by atoms with Gasteiger partial charge in [-0.25, -0.2) is 9.37 Å². The van der Waals surface area contributed by atoms with Gasteiger partial charge in [0.25, 0.3) is 0 Å². The van der Waals surface area contributed by atoms with Crippen LogP contribution < -0.4 is 5.73 Å². The zero-order valence-electron chi connectivity index (χ0n) is 12.1. The lowest BCUT2D eigenvalue weighted by Gasteiger charge is -2.24. The minimum Gasteiger partial charge on any atom is -0.383 e. The van der Waals surface area contributed by atoms with E-state index in [9.17, 15) is 9.65 Å². The first-order chi connectivity index (χ1) is 10.7. The van der Waals surface area contributed by atoms with Gasteiger partial charge >= 0.3 is 0 Å². The lowest BCUT2D eigenvalue weighted by Crippen LogP contribution is -2.17. The zero-order chi connectivity index (χ0) is 15.5. The predicted octanol–water partition coefficient (Wildman–Crippen LogP) is 3.24. The summed E-state index contributed by atoms with van der Waals surface area (Å²) in [4.78, 5) is 4.29. The van der Waals surface area contributed by atoms with E-state index in [4.69, 9.17) is 10.5 Å². The number of pyridine rings is 1. The van der Waals surface area contributed by atoms with Crippen LogP contribution in [0.3, 0.4) is 0 Å². The third-order valence-corrected chi connectivity index (χ3v) is 3.93. The van der Waals surface area contributed by atoms with Crippen molar-refractivity contribution in [2.75, 3.05) is 18.9 Å². The van der Waals surface area contributed by atoms with Crippen molar-refractivity contribution >= 4 is 5.82 Å². The molecule has 5 heteroatoms. The van der Waals surface area contributed by atoms with Gasteiger partial charge in [-0.3, -0.25) is 0 Å². The number of nitrogen functional groups attached to an aromatic ring is 1. The number of nitrogens with two attached hydrogens (primary N) is 1. The van der Waals surface area contributed by atoms with Crippen LogP contribution in [0.4, 0.5) is 10.2 Å². The summed E-state index contributed by atoms with van der Waals surface area (Å²) in [6, 6.07) is 10.1. The summed E-state index contributed by atoms with van der Waals surface area (Å²) in [5.74, 6) is 0.0593. The quantitative estimate of drug-likeness (QED) is 0.923. The Bertz CT molecular complexity index is 716. The molecule has 0 aliphatic carbocycles. The lowest BCUT2D eigenvalue weighted by atomic mass is 9.89. The smallest absolute Gasteiger partial charge is 0.142 e. The number of aromatic nitrogens is 1. The van der Waals surface area contributed by atoms with Crippen molar-refractivity contribution in [3.63, 3.8) is 0 Å². The van der Waals surface area contributed by atoms with Crippen LogP contribution in [-0.4, -0.2) is 18.2 Å². The van der Waals surface area contributed by atoms with Crippen LogP contribution in [0.25, 0.3) is 11.3 Å². The number of ether oxygens (including phenoxy) is 1. The minimum atomic E-state index is -0.300. The third-order valence-electron chi connectivity index (χ3n) is 3.93. The molecule has 2 N–H and O–H groups in total. The average Bonchev–Trinajstić information content (AvgIpc) is 2.55. The molecule has 1 aliphatic rings. The highest BCUT2D eigenvalue weighted by Crippen LogP contribution is 2.33. The number of hydrogen-bond acceptors (Lipinski definition) is 4. The molecule has 0 spiro atoms. The van der Waals surface area contributed by atoms with Crippen molar-refractivity contribution in [3.8, 4) is 17.3 Å². The highest BCUT2D eigenvalue weighted by Gasteiger charge is 2.22. The molecule has 1 saturated heterocycles. The summed E-state index contributed by atoms with van der Waals surface area (Å²) in [5, 5.41) is 9.37. The molecule has 112 valence electrons. The monoisotopic (exact) mass is 297 g/mol. The number of nitrogens with zero attached hydrogens (tertiary/aromatic N) is 2. The average molecular weight is 297 g/mol. The molecule has 0 amide bonds. The van der Waals surface area contributed by atoms with Gasteiger partial charge in [0.05, 0.1) is 17.9 Å². The predicted molar refractivity (Wildman–Crippen MR) is 81.6 cm³/mol. The Balaban J connectivity index is 2.07. The van der Waals surface area contributed by atoms with Gasteiger partial charge in [-0.15, -0.1) is 0 Å². The van der Waals surface area contributed by atoms with Gasteiger partial charge in [-0.1, -0.05) is 0 Å². The Morgan fingerprint density at radius 2 is 2.09 bits per heavy atom. The standard InChI is InChI=1S/C17H16FN3O/c18-13-5-3-11(4-6-13)16-8-14(12-2-1-7-22-10-12)15(9-19)17(20)21-16/h3-6,8,12H,1-2,7,10H2,(H2,20,21). The summed E-state index contributed by atoms with van der Waals surface area (Å²) in [7, 11) is 0. The Hall–Kier alpha value is -2.45. The summed E-state index contributed by atoms with van der Waals surface area (Å²) in [5.41, 5.74) is 8.67. The normalized spacial score (nSPS) is 17.9. The Kier molecular flexibility index (Phi) is 4.03. The van der Waals surface area contributed by atoms with Crippen molar-refractivity contribution in [1.82, 2.24) is 4.98 Å². The largest absolute Gasteiger partial charge is 0.383 e. The molecular weight excluding hydrogens is 281 g/mol. The summed E-state index contributed by atoms with van der Waals surface area (Å²) in [6.07, 6.45) is 1.92. The number of anilines is 1. The number of rotatable bonds is 2. The van der Waals surface area contributed by atoms with Crippen LogP contribution in [0, 0.1) is 17.1 Å². The molecule has 1 aromatic carbocycles. The molecule has 4 nitrogen and oxygen atoms in total. The first kappa shape index (κ1) is 14.5. The van der Waals surface area contributed by atoms with Crippen molar-refractivity contribution in [1.29, 1.82) is 5.26 Å². The first-order valence-electron chi connectivity index (χ1n) is 7.23. The molecule has 1 aromatic heterocycles. The lowest BCUT2D eigenvalue weighted by molar-refractivity contribution is 0.0804. The van der Waals surface area contributed by atoms with Gasteiger partial charge in [0.1, 0.15) is 17.7 Å². The van der Waals surface area contributed by atoms with E-state index in [1.807, 2.05) is 6.07 Å². The fourth-order valence-electron chi connectivity index (χ4n) is 2.78. The van der Waals surface area contributed by atoms with E-state index in [0.29, 0.717) is 17.9 Å². The van der Waals surface area contributed by atoms with E-state index in [1.165, 1.54) is 12.1 Å². The van der Waals surface area contributed by atoms with Crippen LogP contribution in [-0.2, 0) is 4.74 Å². The summed E-state index contributed by atoms with van der Waals surface area (Å²) < 4.78 is 18.6. The molecule has 22 heavy (non-hydrogen) atoms. The van der Waals surface area contributed by atoms with Crippen molar-refractivity contribution in [2.45, 2.75) is 18.8 Å². The molecule has 1 fully saturated rings. The van der Waals surface area contributed by atoms with Crippen molar-refractivity contribution < 1.29 is 9.13 Å². The SMILES string of the molecule is N#Cc1c(C2CCCOC2)cc(-c2ccc(F)cc2)nc1N. The van der Waals surface area contributed by atoms with Gasteiger partial charge < -0.3 is 10.5 Å². The topological polar surface area (TPSA) is 71.9 Å². The molecule has 0 bridgehead atoms. The molecule has 2 aromatic rings. The highest BCUT2D eigenvalue weighted by molar-refractivity contribution is 5.66. The second-order valence-electron chi connectivity index (χ2n) is 5.39. The molecule has 1 unspecified atom stereocenters. The van der Waals surface area contributed by atoms with E-state index in [1.54, 1.807) is 12.1 Å². The highest BCUT2D eigenvalue weighted by atomic mass is 19.1. The maximum atomic E-state index is 13.1. The molecule has 2 heterocycles. The minimum absolute atomic E-state index is 0.146. The second kappa shape index (κ2) is 6.12. The van der Waals surface area contributed by atoms with Gasteiger partial charge in [0.15, 0.2) is 0 Å². The van der Waals surface area contributed by atoms with Crippen LogP contribution >= 0.6 is 0 Å². The first-order valence-corrected chi connectivity index (χ1v) is 7.23. The molecule has 0 radical (unpaired) electrons. The Morgan fingerprint density at radius 1 is 1.32 bits per heavy atom. The Morgan fingerprint density at radius 3 is 2.73 bits per heavy atom. The van der Waals surface area contributed by atoms with Gasteiger partial charge in [-0.2, -0.15) is 5.26 Å². The number of halogens is 1. The molecule has 0 saturated carbocycles. The van der Waals surface area contributed by atoms with Crippen molar-refractivity contribution in [3.05, 3.63) is 47.3 Å². The molecular formula is C17H16FN3O. The number of hydrogen-bond donors (Lipinski definition) is 1. The van der Waals surface area contributed by atoms with Crippen LogP contribution in [0.5, 0.6) is 0 Å². The van der Waals surface area contributed by atoms with Gasteiger partial charge in [0.2, 0.25) is 0 Å².